The van der Waals surface area contributed by atoms with Gasteiger partial charge in [0.05, 0.1) is 14.2 Å². The van der Waals surface area contributed by atoms with Crippen molar-refractivity contribution in [3.63, 3.8) is 0 Å². The first-order chi connectivity index (χ1) is 12.3. The fourth-order valence-corrected chi connectivity index (χ4v) is 3.24. The van der Waals surface area contributed by atoms with Gasteiger partial charge in [0.15, 0.2) is 11.5 Å². The molecule has 0 unspecified atom stereocenters. The average Bonchev–Trinajstić information content (AvgIpc) is 2.68. The third-order valence-corrected chi connectivity index (χ3v) is 4.79. The zero-order valence-electron chi connectivity index (χ0n) is 15.1. The van der Waals surface area contributed by atoms with Crippen LogP contribution in [0, 0.1) is 0 Å². The van der Waals surface area contributed by atoms with Crippen molar-refractivity contribution in [2.24, 2.45) is 0 Å². The Hall–Kier alpha value is -2.11. The SMILES string of the molecule is COc1ccc(CN2CCN(CCc3ccncc3)CC2)cc1OC. The molecule has 1 aromatic carbocycles. The van der Waals surface area contributed by atoms with Crippen LogP contribution >= 0.6 is 0 Å². The lowest BCUT2D eigenvalue weighted by Crippen LogP contribution is -2.46. The summed E-state index contributed by atoms with van der Waals surface area (Å²) >= 11 is 0. The van der Waals surface area contributed by atoms with Crippen molar-refractivity contribution < 1.29 is 9.47 Å². The summed E-state index contributed by atoms with van der Waals surface area (Å²) < 4.78 is 10.7. The van der Waals surface area contributed by atoms with Crippen molar-refractivity contribution in [1.29, 1.82) is 0 Å². The lowest BCUT2D eigenvalue weighted by molar-refractivity contribution is 0.128. The molecule has 2 aromatic rings. The minimum Gasteiger partial charge on any atom is -0.493 e. The van der Waals surface area contributed by atoms with E-state index in [2.05, 4.69) is 39.0 Å². The maximum Gasteiger partial charge on any atom is 0.161 e. The first-order valence-electron chi connectivity index (χ1n) is 8.83. The fourth-order valence-electron chi connectivity index (χ4n) is 3.24. The molecule has 5 nitrogen and oxygen atoms in total. The quantitative estimate of drug-likeness (QED) is 0.773. The van der Waals surface area contributed by atoms with E-state index in [0.29, 0.717) is 0 Å². The van der Waals surface area contributed by atoms with Crippen molar-refractivity contribution in [3.05, 3.63) is 53.9 Å². The summed E-state index contributed by atoms with van der Waals surface area (Å²) in [6, 6.07) is 10.4. The molecular weight excluding hydrogens is 314 g/mol. The molecule has 0 N–H and O–H groups in total. The molecule has 0 spiro atoms. The molecule has 3 rings (SSSR count). The van der Waals surface area contributed by atoms with Crippen LogP contribution in [-0.4, -0.2) is 61.7 Å². The monoisotopic (exact) mass is 341 g/mol. The van der Waals surface area contributed by atoms with E-state index in [1.54, 1.807) is 14.2 Å². The summed E-state index contributed by atoms with van der Waals surface area (Å²) in [4.78, 5) is 9.13. The molecule has 0 radical (unpaired) electrons. The molecule has 0 aliphatic carbocycles. The third kappa shape index (κ3) is 4.94. The average molecular weight is 341 g/mol. The summed E-state index contributed by atoms with van der Waals surface area (Å²) in [6.45, 7) is 6.53. The Kier molecular flexibility index (Phi) is 6.25. The third-order valence-electron chi connectivity index (χ3n) is 4.79. The van der Waals surface area contributed by atoms with Gasteiger partial charge in [0.2, 0.25) is 0 Å². The van der Waals surface area contributed by atoms with Crippen LogP contribution in [0.15, 0.2) is 42.7 Å². The largest absolute Gasteiger partial charge is 0.493 e. The zero-order valence-corrected chi connectivity index (χ0v) is 15.1. The normalized spacial score (nSPS) is 15.9. The predicted molar refractivity (Wildman–Crippen MR) is 99.2 cm³/mol. The molecule has 25 heavy (non-hydrogen) atoms. The number of hydrogen-bond acceptors (Lipinski definition) is 5. The van der Waals surface area contributed by atoms with Crippen molar-refractivity contribution >= 4 is 0 Å². The van der Waals surface area contributed by atoms with Gasteiger partial charge in [0.25, 0.3) is 0 Å². The first kappa shape index (κ1) is 17.7. The van der Waals surface area contributed by atoms with Crippen molar-refractivity contribution in [1.82, 2.24) is 14.8 Å². The molecule has 1 fully saturated rings. The van der Waals surface area contributed by atoms with E-state index in [9.17, 15) is 0 Å². The topological polar surface area (TPSA) is 37.8 Å². The lowest BCUT2D eigenvalue weighted by atomic mass is 10.1. The molecule has 5 heteroatoms. The van der Waals surface area contributed by atoms with E-state index >= 15 is 0 Å². The first-order valence-corrected chi connectivity index (χ1v) is 8.83. The number of hydrogen-bond donors (Lipinski definition) is 0. The number of benzene rings is 1. The number of pyridine rings is 1. The van der Waals surface area contributed by atoms with Gasteiger partial charge in [0, 0.05) is 51.7 Å². The van der Waals surface area contributed by atoms with Crippen LogP contribution in [0.2, 0.25) is 0 Å². The van der Waals surface area contributed by atoms with Crippen LogP contribution in [0.5, 0.6) is 11.5 Å². The van der Waals surface area contributed by atoms with Crippen LogP contribution in [0.25, 0.3) is 0 Å². The molecule has 1 aliphatic rings. The number of piperazine rings is 1. The van der Waals surface area contributed by atoms with Crippen LogP contribution in [0.4, 0.5) is 0 Å². The molecule has 1 saturated heterocycles. The van der Waals surface area contributed by atoms with Crippen LogP contribution in [0.3, 0.4) is 0 Å². The van der Waals surface area contributed by atoms with Gasteiger partial charge >= 0.3 is 0 Å². The Bertz CT molecular complexity index is 655. The molecule has 0 saturated carbocycles. The number of ether oxygens (including phenoxy) is 2. The summed E-state index contributed by atoms with van der Waals surface area (Å²) in [5.41, 5.74) is 2.63. The van der Waals surface area contributed by atoms with E-state index in [4.69, 9.17) is 9.47 Å². The summed E-state index contributed by atoms with van der Waals surface area (Å²) in [6.07, 6.45) is 4.84. The number of aromatic nitrogens is 1. The standard InChI is InChI=1S/C20H27N3O2/c1-24-19-4-3-18(15-20(19)25-2)16-23-13-11-22(12-14-23)10-7-17-5-8-21-9-6-17/h3-6,8-9,15H,7,10-14,16H2,1-2H3. The van der Waals surface area contributed by atoms with Crippen LogP contribution in [-0.2, 0) is 13.0 Å². The second-order valence-corrected chi connectivity index (χ2v) is 6.41. The molecule has 0 amide bonds. The number of nitrogens with zero attached hydrogens (tertiary/aromatic N) is 3. The van der Waals surface area contributed by atoms with Crippen molar-refractivity contribution in [2.45, 2.75) is 13.0 Å². The predicted octanol–water partition coefficient (Wildman–Crippen LogP) is 2.46. The van der Waals surface area contributed by atoms with Crippen LogP contribution < -0.4 is 9.47 Å². The maximum absolute atomic E-state index is 5.40. The molecule has 0 atom stereocenters. The Labute approximate surface area is 150 Å². The van der Waals surface area contributed by atoms with Crippen molar-refractivity contribution in [3.8, 4) is 11.5 Å². The van der Waals surface area contributed by atoms with E-state index in [-0.39, 0.29) is 0 Å². The van der Waals surface area contributed by atoms with E-state index in [1.807, 2.05) is 18.5 Å². The smallest absolute Gasteiger partial charge is 0.161 e. The highest BCUT2D eigenvalue weighted by Crippen LogP contribution is 2.28. The molecule has 1 aromatic heterocycles. The number of rotatable bonds is 7. The van der Waals surface area contributed by atoms with Crippen LogP contribution in [0.1, 0.15) is 11.1 Å². The molecular formula is C20H27N3O2. The van der Waals surface area contributed by atoms with Gasteiger partial charge in [-0.2, -0.15) is 0 Å². The van der Waals surface area contributed by atoms with Gasteiger partial charge in [0.1, 0.15) is 0 Å². The van der Waals surface area contributed by atoms with E-state index in [0.717, 1.165) is 57.2 Å². The fraction of sp³-hybridized carbons (Fsp3) is 0.450. The van der Waals surface area contributed by atoms with Gasteiger partial charge in [-0.3, -0.25) is 9.88 Å². The van der Waals surface area contributed by atoms with E-state index < -0.39 is 0 Å². The Balaban J connectivity index is 1.46. The summed E-state index contributed by atoms with van der Waals surface area (Å²) in [5.74, 6) is 1.59. The molecule has 1 aliphatic heterocycles. The Morgan fingerprint density at radius 3 is 2.20 bits per heavy atom. The maximum atomic E-state index is 5.40. The lowest BCUT2D eigenvalue weighted by Gasteiger charge is -2.34. The molecule has 2 heterocycles. The minimum atomic E-state index is 0.784. The second kappa shape index (κ2) is 8.83. The zero-order chi connectivity index (χ0) is 17.5. The molecule has 134 valence electrons. The van der Waals surface area contributed by atoms with Gasteiger partial charge in [-0.05, 0) is 41.8 Å². The summed E-state index contributed by atoms with van der Waals surface area (Å²) in [5, 5.41) is 0. The van der Waals surface area contributed by atoms with Gasteiger partial charge in [-0.15, -0.1) is 0 Å². The van der Waals surface area contributed by atoms with Gasteiger partial charge in [-0.25, -0.2) is 0 Å². The van der Waals surface area contributed by atoms with Crippen molar-refractivity contribution in [2.75, 3.05) is 46.9 Å². The second-order valence-electron chi connectivity index (χ2n) is 6.41. The summed E-state index contributed by atoms with van der Waals surface area (Å²) in [7, 11) is 3.35. The number of methoxy groups -OCH3 is 2. The Morgan fingerprint density at radius 1 is 0.840 bits per heavy atom. The van der Waals surface area contributed by atoms with E-state index in [1.165, 1.54) is 11.1 Å². The highest BCUT2D eigenvalue weighted by Gasteiger charge is 2.17. The molecule has 0 bridgehead atoms. The van der Waals surface area contributed by atoms with Gasteiger partial charge < -0.3 is 14.4 Å². The Morgan fingerprint density at radius 2 is 1.52 bits per heavy atom. The highest BCUT2D eigenvalue weighted by atomic mass is 16.5. The minimum absolute atomic E-state index is 0.784. The van der Waals surface area contributed by atoms with Gasteiger partial charge in [-0.1, -0.05) is 6.07 Å². The highest BCUT2D eigenvalue weighted by molar-refractivity contribution is 5.42.